The Morgan fingerprint density at radius 1 is 0.841 bits per heavy atom. The minimum atomic E-state index is -4.81. The van der Waals surface area contributed by atoms with E-state index in [9.17, 15) is 32.3 Å². The van der Waals surface area contributed by atoms with Crippen LogP contribution < -0.4 is 14.8 Å². The third kappa shape index (κ3) is 7.61. The molecule has 224 valence electrons. The molecular formula is C32H21ClF4N2O5. The average Bonchev–Trinajstić information content (AvgIpc) is 2.98. The fourth-order valence-corrected chi connectivity index (χ4v) is 4.58. The summed E-state index contributed by atoms with van der Waals surface area (Å²) in [4.78, 5) is 29.0. The fourth-order valence-electron chi connectivity index (χ4n) is 4.39. The molecule has 1 aromatic heterocycles. The number of amides is 1. The van der Waals surface area contributed by atoms with Crippen LogP contribution in [0.15, 0.2) is 97.2 Å². The molecule has 7 nitrogen and oxygen atoms in total. The van der Waals surface area contributed by atoms with E-state index in [1.165, 1.54) is 36.5 Å². The van der Waals surface area contributed by atoms with E-state index in [1.54, 1.807) is 48.5 Å². The first-order valence-corrected chi connectivity index (χ1v) is 13.3. The lowest BCUT2D eigenvalue weighted by molar-refractivity contribution is -0.274. The Balaban J connectivity index is 1.32. The molecule has 0 aliphatic heterocycles. The zero-order valence-corrected chi connectivity index (χ0v) is 23.2. The number of fused-ring (bicyclic) bond motifs is 1. The molecule has 1 atom stereocenters. The fraction of sp³-hybridized carbons (Fsp3) is 0.0938. The maximum atomic E-state index is 13.5. The van der Waals surface area contributed by atoms with Gasteiger partial charge in [-0.2, -0.15) is 0 Å². The standard InChI is InChI=1S/C32H21ClF4N2O5/c33-26-14-20(6-12-27(26)34)18-1-3-19(4-2-18)28(16-30(40)41)39-31(42)29-15-22-13-25(7-5-21(22)17-38-29)43-23-8-10-24(11-9-23)44-32(35,36)37/h1-15,17,28H,16H2,(H,39,42)(H,40,41). The first-order chi connectivity index (χ1) is 20.9. The predicted octanol–water partition coefficient (Wildman–Crippen LogP) is 8.33. The Bertz CT molecular complexity index is 1830. The molecule has 0 saturated heterocycles. The monoisotopic (exact) mass is 624 g/mol. The zero-order valence-electron chi connectivity index (χ0n) is 22.4. The molecule has 0 aliphatic rings. The van der Waals surface area contributed by atoms with Crippen LogP contribution in [0.5, 0.6) is 17.2 Å². The second-order valence-electron chi connectivity index (χ2n) is 9.57. The van der Waals surface area contributed by atoms with Gasteiger partial charge < -0.3 is 19.9 Å². The van der Waals surface area contributed by atoms with E-state index in [0.29, 0.717) is 27.6 Å². The van der Waals surface area contributed by atoms with Gasteiger partial charge in [-0.25, -0.2) is 4.39 Å². The first kappa shape index (κ1) is 30.3. The van der Waals surface area contributed by atoms with Gasteiger partial charge >= 0.3 is 12.3 Å². The van der Waals surface area contributed by atoms with E-state index < -0.39 is 36.5 Å². The van der Waals surface area contributed by atoms with Gasteiger partial charge in [-0.15, -0.1) is 13.2 Å². The predicted molar refractivity (Wildman–Crippen MR) is 154 cm³/mol. The summed E-state index contributed by atoms with van der Waals surface area (Å²) in [5.74, 6) is -2.06. The van der Waals surface area contributed by atoms with Crippen LogP contribution in [0.25, 0.3) is 21.9 Å². The number of ether oxygens (including phenoxy) is 2. The molecule has 0 aliphatic carbocycles. The zero-order chi connectivity index (χ0) is 31.4. The van der Waals surface area contributed by atoms with Crippen molar-refractivity contribution in [2.24, 2.45) is 0 Å². The molecule has 0 spiro atoms. The summed E-state index contributed by atoms with van der Waals surface area (Å²) in [6.07, 6.45) is -3.73. The van der Waals surface area contributed by atoms with Crippen molar-refractivity contribution in [2.45, 2.75) is 18.8 Å². The average molecular weight is 625 g/mol. The Morgan fingerprint density at radius 2 is 1.50 bits per heavy atom. The van der Waals surface area contributed by atoms with Gasteiger partial charge in [-0.3, -0.25) is 14.6 Å². The molecule has 0 fully saturated rings. The molecule has 4 aromatic carbocycles. The number of nitrogens with one attached hydrogen (secondary N) is 1. The van der Waals surface area contributed by atoms with Crippen LogP contribution in [0.3, 0.4) is 0 Å². The minimum Gasteiger partial charge on any atom is -0.481 e. The van der Waals surface area contributed by atoms with Crippen LogP contribution in [0, 0.1) is 5.82 Å². The van der Waals surface area contributed by atoms with Gasteiger partial charge in [0.15, 0.2) is 0 Å². The van der Waals surface area contributed by atoms with Gasteiger partial charge in [0.2, 0.25) is 0 Å². The molecule has 0 saturated carbocycles. The van der Waals surface area contributed by atoms with E-state index in [-0.39, 0.29) is 22.2 Å². The van der Waals surface area contributed by atoms with Crippen molar-refractivity contribution < 1.29 is 41.7 Å². The number of carboxylic acids is 1. The minimum absolute atomic E-state index is 0.0243. The third-order valence-corrected chi connectivity index (χ3v) is 6.76. The van der Waals surface area contributed by atoms with Crippen LogP contribution in [-0.4, -0.2) is 28.3 Å². The Kier molecular flexibility index (Phi) is 8.68. The summed E-state index contributed by atoms with van der Waals surface area (Å²) in [5, 5.41) is 13.4. The number of aliphatic carboxylic acids is 1. The summed E-state index contributed by atoms with van der Waals surface area (Å²) in [6.45, 7) is 0. The number of carboxylic acid groups (broad SMARTS) is 1. The molecule has 1 amide bonds. The van der Waals surface area contributed by atoms with Crippen molar-refractivity contribution in [1.29, 1.82) is 0 Å². The molecular weight excluding hydrogens is 604 g/mol. The molecule has 1 unspecified atom stereocenters. The van der Waals surface area contributed by atoms with Crippen LogP contribution in [0.2, 0.25) is 5.02 Å². The third-order valence-electron chi connectivity index (χ3n) is 6.47. The molecule has 1 heterocycles. The molecule has 5 aromatic rings. The van der Waals surface area contributed by atoms with Crippen LogP contribution in [0.4, 0.5) is 17.6 Å². The molecule has 0 radical (unpaired) electrons. The van der Waals surface area contributed by atoms with Crippen LogP contribution in [0.1, 0.15) is 28.5 Å². The highest BCUT2D eigenvalue weighted by Crippen LogP contribution is 2.30. The lowest BCUT2D eigenvalue weighted by atomic mass is 9.99. The van der Waals surface area contributed by atoms with Crippen molar-refractivity contribution in [3.8, 4) is 28.4 Å². The number of aromatic nitrogens is 1. The lowest BCUT2D eigenvalue weighted by Gasteiger charge is -2.18. The highest BCUT2D eigenvalue weighted by Gasteiger charge is 2.31. The van der Waals surface area contributed by atoms with Gasteiger partial charge in [0.05, 0.1) is 17.5 Å². The summed E-state index contributed by atoms with van der Waals surface area (Å²) < 4.78 is 60.4. The second kappa shape index (κ2) is 12.6. The number of hydrogen-bond acceptors (Lipinski definition) is 5. The summed E-state index contributed by atoms with van der Waals surface area (Å²) >= 11 is 5.89. The number of carbonyl (C=O) groups excluding carboxylic acids is 1. The number of pyridine rings is 1. The number of carbonyl (C=O) groups is 2. The maximum Gasteiger partial charge on any atom is 0.573 e. The summed E-state index contributed by atoms with van der Waals surface area (Å²) in [5.41, 5.74) is 1.94. The molecule has 12 heteroatoms. The number of halogens is 5. The van der Waals surface area contributed by atoms with Gasteiger partial charge in [-0.1, -0.05) is 41.9 Å². The van der Waals surface area contributed by atoms with Crippen molar-refractivity contribution in [3.63, 3.8) is 0 Å². The van der Waals surface area contributed by atoms with Crippen molar-refractivity contribution in [3.05, 3.63) is 119 Å². The molecule has 44 heavy (non-hydrogen) atoms. The van der Waals surface area contributed by atoms with E-state index in [4.69, 9.17) is 16.3 Å². The van der Waals surface area contributed by atoms with Crippen LogP contribution >= 0.6 is 11.6 Å². The highest BCUT2D eigenvalue weighted by atomic mass is 35.5. The van der Waals surface area contributed by atoms with Gasteiger partial charge in [0.25, 0.3) is 5.91 Å². The summed E-state index contributed by atoms with van der Waals surface area (Å²) in [7, 11) is 0. The summed E-state index contributed by atoms with van der Waals surface area (Å²) in [6, 6.07) is 21.5. The maximum absolute atomic E-state index is 13.5. The highest BCUT2D eigenvalue weighted by molar-refractivity contribution is 6.31. The smallest absolute Gasteiger partial charge is 0.481 e. The van der Waals surface area contributed by atoms with Gasteiger partial charge in [-0.05, 0) is 82.7 Å². The van der Waals surface area contributed by atoms with Crippen molar-refractivity contribution in [2.75, 3.05) is 0 Å². The van der Waals surface area contributed by atoms with Gasteiger partial charge in [0.1, 0.15) is 28.8 Å². The number of nitrogens with zero attached hydrogens (tertiary/aromatic N) is 1. The van der Waals surface area contributed by atoms with E-state index >= 15 is 0 Å². The lowest BCUT2D eigenvalue weighted by Crippen LogP contribution is -2.30. The molecule has 5 rings (SSSR count). The first-order valence-electron chi connectivity index (χ1n) is 12.9. The normalized spacial score (nSPS) is 12.0. The van der Waals surface area contributed by atoms with Crippen molar-refractivity contribution in [1.82, 2.24) is 10.3 Å². The van der Waals surface area contributed by atoms with Crippen molar-refractivity contribution >= 4 is 34.2 Å². The van der Waals surface area contributed by atoms with E-state index in [0.717, 1.165) is 17.7 Å². The second-order valence-corrected chi connectivity index (χ2v) is 9.98. The topological polar surface area (TPSA) is 97.8 Å². The Hall–Kier alpha value is -5.16. The number of hydrogen-bond donors (Lipinski definition) is 2. The molecule has 0 bridgehead atoms. The van der Waals surface area contributed by atoms with Gasteiger partial charge in [0, 0.05) is 11.6 Å². The van der Waals surface area contributed by atoms with E-state index in [2.05, 4.69) is 15.0 Å². The number of alkyl halides is 3. The number of benzene rings is 4. The largest absolute Gasteiger partial charge is 0.573 e. The van der Waals surface area contributed by atoms with Crippen LogP contribution in [-0.2, 0) is 4.79 Å². The SMILES string of the molecule is O=C(O)CC(NC(=O)c1cc2cc(Oc3ccc(OC(F)(F)F)cc3)ccc2cn1)c1ccc(-c2ccc(F)c(Cl)c2)cc1. The Labute approximate surface area is 252 Å². The number of rotatable bonds is 9. The quantitative estimate of drug-likeness (QED) is 0.160. The molecule has 2 N–H and O–H groups in total. The Morgan fingerprint density at radius 3 is 2.16 bits per heavy atom. The van der Waals surface area contributed by atoms with E-state index in [1.807, 2.05) is 0 Å².